The first kappa shape index (κ1) is 12.8. The van der Waals surface area contributed by atoms with Crippen LogP contribution in [0.3, 0.4) is 0 Å². The molecule has 1 fully saturated rings. The maximum Gasteiger partial charge on any atom is 0.129 e. The van der Waals surface area contributed by atoms with E-state index >= 15 is 0 Å². The molecule has 0 aliphatic carbocycles. The van der Waals surface area contributed by atoms with Crippen molar-refractivity contribution >= 4 is 11.6 Å². The van der Waals surface area contributed by atoms with Crippen LogP contribution in [0.15, 0.2) is 18.2 Å². The van der Waals surface area contributed by atoms with Crippen LogP contribution in [0.4, 0.5) is 0 Å². The molecule has 4 heteroatoms. The van der Waals surface area contributed by atoms with Gasteiger partial charge in [-0.3, -0.25) is 4.90 Å². The molecule has 1 aromatic heterocycles. The van der Waals surface area contributed by atoms with Gasteiger partial charge in [0.1, 0.15) is 5.15 Å². The summed E-state index contributed by atoms with van der Waals surface area (Å²) in [5.74, 6) is 0. The van der Waals surface area contributed by atoms with Crippen molar-refractivity contribution in [2.45, 2.75) is 32.4 Å². The molecule has 2 heterocycles. The largest absolute Gasteiger partial charge is 0.313 e. The van der Waals surface area contributed by atoms with Crippen LogP contribution in [0.1, 0.15) is 25.5 Å². The van der Waals surface area contributed by atoms with E-state index in [4.69, 9.17) is 11.6 Å². The SMILES string of the molecule is CCN(Cc1cccc(Cl)n1)CC1CCCN1. The molecule has 1 N–H and O–H groups in total. The first-order chi connectivity index (χ1) is 8.28. The van der Waals surface area contributed by atoms with E-state index in [1.807, 2.05) is 18.2 Å². The Labute approximate surface area is 108 Å². The highest BCUT2D eigenvalue weighted by atomic mass is 35.5. The van der Waals surface area contributed by atoms with Crippen molar-refractivity contribution in [2.24, 2.45) is 0 Å². The molecule has 0 radical (unpaired) electrons. The second-order valence-electron chi connectivity index (χ2n) is 4.57. The van der Waals surface area contributed by atoms with Gasteiger partial charge in [0.15, 0.2) is 0 Å². The van der Waals surface area contributed by atoms with Crippen LogP contribution in [0, 0.1) is 0 Å². The molecule has 94 valence electrons. The van der Waals surface area contributed by atoms with Crippen molar-refractivity contribution in [2.75, 3.05) is 19.6 Å². The summed E-state index contributed by atoms with van der Waals surface area (Å²) in [6.07, 6.45) is 2.59. The van der Waals surface area contributed by atoms with Crippen molar-refractivity contribution in [3.8, 4) is 0 Å². The number of nitrogens with zero attached hydrogens (tertiary/aromatic N) is 2. The van der Waals surface area contributed by atoms with Crippen molar-refractivity contribution in [3.63, 3.8) is 0 Å². The van der Waals surface area contributed by atoms with Gasteiger partial charge in [-0.1, -0.05) is 24.6 Å². The zero-order chi connectivity index (χ0) is 12.1. The van der Waals surface area contributed by atoms with Crippen LogP contribution in [-0.4, -0.2) is 35.6 Å². The summed E-state index contributed by atoms with van der Waals surface area (Å²) in [5.41, 5.74) is 1.05. The molecule has 0 amide bonds. The second kappa shape index (κ2) is 6.34. The summed E-state index contributed by atoms with van der Waals surface area (Å²) in [4.78, 5) is 6.76. The molecule has 17 heavy (non-hydrogen) atoms. The summed E-state index contributed by atoms with van der Waals surface area (Å²) in [6, 6.07) is 6.47. The fourth-order valence-electron chi connectivity index (χ4n) is 2.30. The first-order valence-corrected chi connectivity index (χ1v) is 6.73. The van der Waals surface area contributed by atoms with E-state index in [9.17, 15) is 0 Å². The maximum atomic E-state index is 5.90. The standard InChI is InChI=1S/C13H20ClN3/c1-2-17(9-11-6-4-8-15-11)10-12-5-3-7-13(14)16-12/h3,5,7,11,15H,2,4,6,8-10H2,1H3. The maximum absolute atomic E-state index is 5.90. The Balaban J connectivity index is 1.90. The summed E-state index contributed by atoms with van der Waals surface area (Å²) in [5, 5.41) is 4.11. The number of hydrogen-bond donors (Lipinski definition) is 1. The van der Waals surface area contributed by atoms with Crippen LogP contribution in [0.2, 0.25) is 5.15 Å². The van der Waals surface area contributed by atoms with Gasteiger partial charge in [-0.05, 0) is 38.1 Å². The topological polar surface area (TPSA) is 28.2 Å². The number of rotatable bonds is 5. The van der Waals surface area contributed by atoms with Crippen LogP contribution < -0.4 is 5.32 Å². The van der Waals surface area contributed by atoms with Crippen molar-refractivity contribution in [1.29, 1.82) is 0 Å². The third-order valence-electron chi connectivity index (χ3n) is 3.25. The molecule has 0 aromatic carbocycles. The molecule has 1 unspecified atom stereocenters. The molecule has 3 nitrogen and oxygen atoms in total. The van der Waals surface area contributed by atoms with E-state index in [-0.39, 0.29) is 0 Å². The Kier molecular flexibility index (Phi) is 4.77. The van der Waals surface area contributed by atoms with E-state index in [2.05, 4.69) is 22.1 Å². The average molecular weight is 254 g/mol. The minimum atomic E-state index is 0.581. The fraction of sp³-hybridized carbons (Fsp3) is 0.615. The molecule has 1 aliphatic heterocycles. The van der Waals surface area contributed by atoms with Crippen LogP contribution in [-0.2, 0) is 6.54 Å². The third kappa shape index (κ3) is 3.95. The highest BCUT2D eigenvalue weighted by Gasteiger charge is 2.17. The molecule has 1 aromatic rings. The lowest BCUT2D eigenvalue weighted by Crippen LogP contribution is -2.37. The van der Waals surface area contributed by atoms with Gasteiger partial charge in [0, 0.05) is 19.1 Å². The average Bonchev–Trinajstić information content (AvgIpc) is 2.81. The normalized spacial score (nSPS) is 20.1. The molecule has 1 saturated heterocycles. The number of aromatic nitrogens is 1. The Morgan fingerprint density at radius 1 is 1.53 bits per heavy atom. The molecule has 0 bridgehead atoms. The van der Waals surface area contributed by atoms with Crippen molar-refractivity contribution in [1.82, 2.24) is 15.2 Å². The molecule has 2 rings (SSSR count). The first-order valence-electron chi connectivity index (χ1n) is 6.35. The zero-order valence-corrected chi connectivity index (χ0v) is 11.1. The lowest BCUT2D eigenvalue weighted by atomic mass is 10.2. The Bertz CT molecular complexity index is 350. The Morgan fingerprint density at radius 2 is 2.41 bits per heavy atom. The van der Waals surface area contributed by atoms with Gasteiger partial charge < -0.3 is 5.32 Å². The number of nitrogens with one attached hydrogen (secondary N) is 1. The van der Waals surface area contributed by atoms with Gasteiger partial charge >= 0.3 is 0 Å². The predicted octanol–water partition coefficient (Wildman–Crippen LogP) is 2.31. The number of hydrogen-bond acceptors (Lipinski definition) is 3. The van der Waals surface area contributed by atoms with Crippen LogP contribution in [0.25, 0.3) is 0 Å². The van der Waals surface area contributed by atoms with Gasteiger partial charge in [0.05, 0.1) is 5.69 Å². The fourth-order valence-corrected chi connectivity index (χ4v) is 2.48. The number of halogens is 1. The van der Waals surface area contributed by atoms with Gasteiger partial charge in [0.2, 0.25) is 0 Å². The summed E-state index contributed by atoms with van der Waals surface area (Å²) in [7, 11) is 0. The van der Waals surface area contributed by atoms with E-state index in [0.717, 1.165) is 31.9 Å². The van der Waals surface area contributed by atoms with Crippen molar-refractivity contribution in [3.05, 3.63) is 29.0 Å². The van der Waals surface area contributed by atoms with E-state index in [1.54, 1.807) is 0 Å². The highest BCUT2D eigenvalue weighted by Crippen LogP contribution is 2.11. The third-order valence-corrected chi connectivity index (χ3v) is 3.46. The minimum Gasteiger partial charge on any atom is -0.313 e. The summed E-state index contributed by atoms with van der Waals surface area (Å²) >= 11 is 5.90. The second-order valence-corrected chi connectivity index (χ2v) is 4.96. The lowest BCUT2D eigenvalue weighted by molar-refractivity contribution is 0.251. The summed E-state index contributed by atoms with van der Waals surface area (Å²) in [6.45, 7) is 6.39. The van der Waals surface area contributed by atoms with E-state index in [1.165, 1.54) is 12.8 Å². The molecule has 1 atom stereocenters. The van der Waals surface area contributed by atoms with Gasteiger partial charge in [-0.2, -0.15) is 0 Å². The van der Waals surface area contributed by atoms with Crippen LogP contribution in [0.5, 0.6) is 0 Å². The van der Waals surface area contributed by atoms with E-state index < -0.39 is 0 Å². The smallest absolute Gasteiger partial charge is 0.129 e. The zero-order valence-electron chi connectivity index (χ0n) is 10.3. The summed E-state index contributed by atoms with van der Waals surface area (Å²) < 4.78 is 0. The Morgan fingerprint density at radius 3 is 3.06 bits per heavy atom. The molecule has 1 aliphatic rings. The van der Waals surface area contributed by atoms with Crippen LogP contribution >= 0.6 is 11.6 Å². The predicted molar refractivity (Wildman–Crippen MR) is 71.2 cm³/mol. The molecule has 0 saturated carbocycles. The van der Waals surface area contributed by atoms with Gasteiger partial charge in [0.25, 0.3) is 0 Å². The molecular weight excluding hydrogens is 234 g/mol. The molecular formula is C13H20ClN3. The highest BCUT2D eigenvalue weighted by molar-refractivity contribution is 6.29. The van der Waals surface area contributed by atoms with Gasteiger partial charge in [-0.15, -0.1) is 0 Å². The number of pyridine rings is 1. The molecule has 0 spiro atoms. The van der Waals surface area contributed by atoms with Gasteiger partial charge in [-0.25, -0.2) is 4.98 Å². The lowest BCUT2D eigenvalue weighted by Gasteiger charge is -2.23. The minimum absolute atomic E-state index is 0.581. The number of likely N-dealkylation sites (N-methyl/N-ethyl adjacent to an activating group) is 1. The monoisotopic (exact) mass is 253 g/mol. The Hall–Kier alpha value is -0.640. The van der Waals surface area contributed by atoms with Crippen molar-refractivity contribution < 1.29 is 0 Å². The quantitative estimate of drug-likeness (QED) is 0.817. The van der Waals surface area contributed by atoms with E-state index in [0.29, 0.717) is 11.2 Å².